The van der Waals surface area contributed by atoms with Crippen LogP contribution >= 0.6 is 12.4 Å². The number of benzene rings is 1. The van der Waals surface area contributed by atoms with Crippen molar-refractivity contribution in [3.63, 3.8) is 0 Å². The molecule has 112 valence electrons. The monoisotopic (exact) mass is 300 g/mol. The van der Waals surface area contributed by atoms with Crippen molar-refractivity contribution in [1.82, 2.24) is 10.6 Å². The quantitative estimate of drug-likeness (QED) is 0.901. The molecular formula is C15H22ClFN2O. The highest BCUT2D eigenvalue weighted by molar-refractivity contribution is 5.95. The van der Waals surface area contributed by atoms with Crippen LogP contribution in [0.25, 0.3) is 0 Å². The SMILES string of the molecule is Cc1ccc(F)cc1C(=O)NCC1(C)CCCNC1.Cl. The van der Waals surface area contributed by atoms with E-state index in [0.29, 0.717) is 12.1 Å². The van der Waals surface area contributed by atoms with Gasteiger partial charge in [0.1, 0.15) is 5.82 Å². The van der Waals surface area contributed by atoms with Gasteiger partial charge in [0.25, 0.3) is 5.91 Å². The summed E-state index contributed by atoms with van der Waals surface area (Å²) in [4.78, 5) is 12.1. The van der Waals surface area contributed by atoms with Gasteiger partial charge in [0.05, 0.1) is 0 Å². The zero-order valence-electron chi connectivity index (χ0n) is 12.0. The Labute approximate surface area is 125 Å². The Morgan fingerprint density at radius 2 is 2.25 bits per heavy atom. The third-order valence-electron chi connectivity index (χ3n) is 3.81. The number of halogens is 2. The highest BCUT2D eigenvalue weighted by Gasteiger charge is 2.27. The van der Waals surface area contributed by atoms with E-state index in [1.807, 2.05) is 6.92 Å². The Bertz CT molecular complexity index is 473. The number of carbonyl (C=O) groups excluding carboxylic acids is 1. The summed E-state index contributed by atoms with van der Waals surface area (Å²) in [6.07, 6.45) is 2.23. The maximum atomic E-state index is 13.2. The van der Waals surface area contributed by atoms with Crippen LogP contribution in [0.2, 0.25) is 0 Å². The summed E-state index contributed by atoms with van der Waals surface area (Å²) in [7, 11) is 0. The number of piperidine rings is 1. The summed E-state index contributed by atoms with van der Waals surface area (Å²) in [5, 5.41) is 6.28. The van der Waals surface area contributed by atoms with Gasteiger partial charge in [-0.2, -0.15) is 0 Å². The fourth-order valence-corrected chi connectivity index (χ4v) is 2.50. The molecule has 0 saturated carbocycles. The Hall–Kier alpha value is -1.13. The standard InChI is InChI=1S/C15H21FN2O.ClH/c1-11-4-5-12(16)8-13(11)14(19)18-10-15(2)6-3-7-17-9-15;/h4-5,8,17H,3,6-7,9-10H2,1-2H3,(H,18,19);1H. The van der Waals surface area contributed by atoms with Gasteiger partial charge in [0, 0.05) is 18.7 Å². The molecule has 0 aromatic heterocycles. The predicted octanol–water partition coefficient (Wildman–Crippen LogP) is 2.68. The van der Waals surface area contributed by atoms with Gasteiger partial charge in [-0.05, 0) is 49.4 Å². The van der Waals surface area contributed by atoms with Crippen molar-refractivity contribution in [3.05, 3.63) is 35.1 Å². The lowest BCUT2D eigenvalue weighted by molar-refractivity contribution is 0.0923. The van der Waals surface area contributed by atoms with Crippen LogP contribution in [0.4, 0.5) is 4.39 Å². The second kappa shape index (κ2) is 7.04. The first kappa shape index (κ1) is 16.9. The zero-order valence-corrected chi connectivity index (χ0v) is 12.8. The molecule has 1 amide bonds. The highest BCUT2D eigenvalue weighted by atomic mass is 35.5. The largest absolute Gasteiger partial charge is 0.351 e. The fourth-order valence-electron chi connectivity index (χ4n) is 2.50. The Morgan fingerprint density at radius 1 is 1.50 bits per heavy atom. The van der Waals surface area contributed by atoms with E-state index in [0.717, 1.165) is 31.5 Å². The first-order chi connectivity index (χ1) is 9.00. The van der Waals surface area contributed by atoms with Crippen LogP contribution in [0, 0.1) is 18.2 Å². The number of hydrogen-bond acceptors (Lipinski definition) is 2. The van der Waals surface area contributed by atoms with Crippen LogP contribution in [-0.2, 0) is 0 Å². The van der Waals surface area contributed by atoms with Gasteiger partial charge in [-0.1, -0.05) is 13.0 Å². The number of aryl methyl sites for hydroxylation is 1. The molecular weight excluding hydrogens is 279 g/mol. The van der Waals surface area contributed by atoms with E-state index < -0.39 is 0 Å². The lowest BCUT2D eigenvalue weighted by Crippen LogP contribution is -2.45. The van der Waals surface area contributed by atoms with E-state index in [4.69, 9.17) is 0 Å². The molecule has 0 aliphatic carbocycles. The number of carbonyl (C=O) groups is 1. The van der Waals surface area contributed by atoms with Gasteiger partial charge >= 0.3 is 0 Å². The van der Waals surface area contributed by atoms with Crippen LogP contribution in [0.15, 0.2) is 18.2 Å². The molecule has 1 aromatic rings. The minimum Gasteiger partial charge on any atom is -0.351 e. The Balaban J connectivity index is 0.00000200. The van der Waals surface area contributed by atoms with Gasteiger partial charge in [-0.15, -0.1) is 12.4 Å². The summed E-state index contributed by atoms with van der Waals surface area (Å²) >= 11 is 0. The molecule has 1 aliphatic rings. The van der Waals surface area contributed by atoms with Crippen molar-refractivity contribution in [2.24, 2.45) is 5.41 Å². The topological polar surface area (TPSA) is 41.1 Å². The van der Waals surface area contributed by atoms with Gasteiger partial charge < -0.3 is 10.6 Å². The van der Waals surface area contributed by atoms with E-state index in [9.17, 15) is 9.18 Å². The molecule has 0 radical (unpaired) electrons. The van der Waals surface area contributed by atoms with Gasteiger partial charge in [0.15, 0.2) is 0 Å². The van der Waals surface area contributed by atoms with E-state index in [1.165, 1.54) is 12.1 Å². The molecule has 1 aliphatic heterocycles. The van der Waals surface area contributed by atoms with Crippen molar-refractivity contribution >= 4 is 18.3 Å². The second-order valence-electron chi connectivity index (χ2n) is 5.73. The van der Waals surface area contributed by atoms with Gasteiger partial charge in [0.2, 0.25) is 0 Å². The lowest BCUT2D eigenvalue weighted by Gasteiger charge is -2.34. The highest BCUT2D eigenvalue weighted by Crippen LogP contribution is 2.24. The van der Waals surface area contributed by atoms with Crippen molar-refractivity contribution in [2.75, 3.05) is 19.6 Å². The number of amides is 1. The third-order valence-corrected chi connectivity index (χ3v) is 3.81. The number of hydrogen-bond donors (Lipinski definition) is 2. The van der Waals surface area contributed by atoms with E-state index in [2.05, 4.69) is 17.6 Å². The first-order valence-corrected chi connectivity index (χ1v) is 6.75. The summed E-state index contributed by atoms with van der Waals surface area (Å²) in [5.41, 5.74) is 1.31. The summed E-state index contributed by atoms with van der Waals surface area (Å²) in [6.45, 7) is 6.56. The number of rotatable bonds is 3. The molecule has 5 heteroatoms. The molecule has 0 spiro atoms. The molecule has 0 bridgehead atoms. The molecule has 3 nitrogen and oxygen atoms in total. The van der Waals surface area contributed by atoms with Crippen molar-refractivity contribution in [3.8, 4) is 0 Å². The Kier molecular flexibility index (Phi) is 5.96. The lowest BCUT2D eigenvalue weighted by atomic mass is 9.83. The normalized spacial score (nSPS) is 21.9. The second-order valence-corrected chi connectivity index (χ2v) is 5.73. The molecule has 1 unspecified atom stereocenters. The molecule has 1 aromatic carbocycles. The summed E-state index contributed by atoms with van der Waals surface area (Å²) in [5.74, 6) is -0.565. The Morgan fingerprint density at radius 3 is 2.90 bits per heavy atom. The molecule has 1 atom stereocenters. The average molecular weight is 301 g/mol. The fraction of sp³-hybridized carbons (Fsp3) is 0.533. The minimum absolute atomic E-state index is 0. The zero-order chi connectivity index (χ0) is 13.9. The third kappa shape index (κ3) is 4.18. The van der Waals surface area contributed by atoms with Gasteiger partial charge in [-0.25, -0.2) is 4.39 Å². The van der Waals surface area contributed by atoms with Crippen LogP contribution in [0.5, 0.6) is 0 Å². The van der Waals surface area contributed by atoms with Crippen molar-refractivity contribution < 1.29 is 9.18 Å². The minimum atomic E-state index is -0.374. The van der Waals surface area contributed by atoms with Crippen LogP contribution in [0.3, 0.4) is 0 Å². The van der Waals surface area contributed by atoms with Crippen LogP contribution in [0.1, 0.15) is 35.7 Å². The van der Waals surface area contributed by atoms with E-state index in [1.54, 1.807) is 6.07 Å². The van der Waals surface area contributed by atoms with Crippen molar-refractivity contribution in [2.45, 2.75) is 26.7 Å². The van der Waals surface area contributed by atoms with Crippen LogP contribution < -0.4 is 10.6 Å². The number of nitrogens with one attached hydrogen (secondary N) is 2. The average Bonchev–Trinajstić information content (AvgIpc) is 2.40. The summed E-state index contributed by atoms with van der Waals surface area (Å²) < 4.78 is 13.2. The molecule has 1 heterocycles. The first-order valence-electron chi connectivity index (χ1n) is 6.75. The molecule has 2 rings (SSSR count). The molecule has 1 saturated heterocycles. The maximum Gasteiger partial charge on any atom is 0.251 e. The van der Waals surface area contributed by atoms with Crippen molar-refractivity contribution in [1.29, 1.82) is 0 Å². The molecule has 20 heavy (non-hydrogen) atoms. The van der Waals surface area contributed by atoms with Gasteiger partial charge in [-0.3, -0.25) is 4.79 Å². The molecule has 2 N–H and O–H groups in total. The molecule has 1 fully saturated rings. The smallest absolute Gasteiger partial charge is 0.251 e. The maximum absolute atomic E-state index is 13.2. The van der Waals surface area contributed by atoms with E-state index in [-0.39, 0.29) is 29.5 Å². The van der Waals surface area contributed by atoms with E-state index >= 15 is 0 Å². The predicted molar refractivity (Wildman–Crippen MR) is 80.9 cm³/mol. The van der Waals surface area contributed by atoms with Crippen LogP contribution in [-0.4, -0.2) is 25.5 Å². The summed E-state index contributed by atoms with van der Waals surface area (Å²) in [6, 6.07) is 4.30.